The van der Waals surface area contributed by atoms with Crippen LogP contribution in [-0.4, -0.2) is 12.1 Å². The zero-order chi connectivity index (χ0) is 9.14. The van der Waals surface area contributed by atoms with Crippen LogP contribution in [0.4, 0.5) is 11.4 Å². The predicted molar refractivity (Wildman–Crippen MR) is 46.2 cm³/mol. The molecular formula is C8H9N3O. The lowest BCUT2D eigenvalue weighted by molar-refractivity contribution is 0.400. The lowest BCUT2D eigenvalue weighted by atomic mass is 10.3. The van der Waals surface area contributed by atoms with Gasteiger partial charge in [-0.2, -0.15) is 0 Å². The second kappa shape index (κ2) is 3.09. The largest absolute Gasteiger partial charge is 0.490 e. The van der Waals surface area contributed by atoms with Crippen LogP contribution in [0.3, 0.4) is 0 Å². The molecule has 0 aliphatic carbocycles. The van der Waals surface area contributed by atoms with Crippen LogP contribution in [0.2, 0.25) is 0 Å². The number of hydrogen-bond acceptors (Lipinski definition) is 3. The molecular weight excluding hydrogens is 154 g/mol. The molecule has 0 saturated heterocycles. The van der Waals surface area contributed by atoms with E-state index in [-0.39, 0.29) is 5.69 Å². The summed E-state index contributed by atoms with van der Waals surface area (Å²) in [5.41, 5.74) is 7.01. The van der Waals surface area contributed by atoms with Crippen LogP contribution in [0, 0.1) is 13.5 Å². The maximum absolute atomic E-state index is 6.82. The summed E-state index contributed by atoms with van der Waals surface area (Å²) in [6.07, 6.45) is 0. The number of rotatable bonds is 1. The van der Waals surface area contributed by atoms with Crippen LogP contribution < -0.4 is 10.5 Å². The summed E-state index contributed by atoms with van der Waals surface area (Å²) in [6, 6.07) is 1.65. The lowest BCUT2D eigenvalue weighted by Crippen LogP contribution is -1.94. The predicted octanol–water partition coefficient (Wildman–Crippen LogP) is 1.53. The number of anilines is 1. The second-order valence-corrected chi connectivity index (χ2v) is 2.32. The molecule has 4 nitrogen and oxygen atoms in total. The summed E-state index contributed by atoms with van der Waals surface area (Å²) in [6.45, 7) is 8.62. The molecule has 0 bridgehead atoms. The first kappa shape index (κ1) is 8.34. The Labute approximate surface area is 70.8 Å². The molecule has 0 saturated carbocycles. The van der Waals surface area contributed by atoms with Crippen molar-refractivity contribution in [1.29, 1.82) is 0 Å². The van der Waals surface area contributed by atoms with E-state index in [1.165, 1.54) is 7.11 Å². The summed E-state index contributed by atoms with van der Waals surface area (Å²) in [5, 5.41) is 0. The van der Waals surface area contributed by atoms with Crippen LogP contribution in [0.25, 0.3) is 4.85 Å². The third-order valence-corrected chi connectivity index (χ3v) is 1.42. The monoisotopic (exact) mass is 163 g/mol. The van der Waals surface area contributed by atoms with Crippen molar-refractivity contribution >= 4 is 11.4 Å². The number of nitrogen functional groups attached to an aromatic ring is 1. The van der Waals surface area contributed by atoms with E-state index in [9.17, 15) is 0 Å². The Hall–Kier alpha value is -1.76. The van der Waals surface area contributed by atoms with Gasteiger partial charge in [-0.3, -0.25) is 0 Å². The number of methoxy groups -OCH3 is 1. The van der Waals surface area contributed by atoms with E-state index in [1.54, 1.807) is 13.0 Å². The van der Waals surface area contributed by atoms with Gasteiger partial charge in [0.05, 0.1) is 13.7 Å². The van der Waals surface area contributed by atoms with Crippen LogP contribution in [-0.2, 0) is 0 Å². The molecule has 1 heterocycles. The van der Waals surface area contributed by atoms with Crippen molar-refractivity contribution in [2.24, 2.45) is 0 Å². The van der Waals surface area contributed by atoms with E-state index >= 15 is 0 Å². The van der Waals surface area contributed by atoms with E-state index in [2.05, 4.69) is 9.83 Å². The Bertz CT molecular complexity index is 341. The van der Waals surface area contributed by atoms with Crippen molar-refractivity contribution in [2.75, 3.05) is 12.8 Å². The van der Waals surface area contributed by atoms with Crippen molar-refractivity contribution in [3.63, 3.8) is 0 Å². The van der Waals surface area contributed by atoms with Crippen molar-refractivity contribution in [1.82, 2.24) is 4.98 Å². The maximum Gasteiger partial charge on any atom is 0.268 e. The van der Waals surface area contributed by atoms with Crippen molar-refractivity contribution < 1.29 is 4.74 Å². The SMILES string of the molecule is [C-]#[N+]c1c(N)cc(C)nc1OC. The fourth-order valence-electron chi connectivity index (χ4n) is 0.917. The van der Waals surface area contributed by atoms with Crippen LogP contribution in [0.1, 0.15) is 5.69 Å². The fourth-order valence-corrected chi connectivity index (χ4v) is 0.917. The van der Waals surface area contributed by atoms with Gasteiger partial charge in [-0.15, -0.1) is 0 Å². The van der Waals surface area contributed by atoms with Gasteiger partial charge in [0.25, 0.3) is 5.69 Å². The van der Waals surface area contributed by atoms with E-state index < -0.39 is 0 Å². The number of aromatic nitrogens is 1. The number of hydrogen-bond donors (Lipinski definition) is 1. The summed E-state index contributed by atoms with van der Waals surface area (Å²) >= 11 is 0. The van der Waals surface area contributed by atoms with E-state index in [1.807, 2.05) is 0 Å². The smallest absolute Gasteiger partial charge is 0.268 e. The number of ether oxygens (including phenoxy) is 1. The molecule has 0 aromatic carbocycles. The van der Waals surface area contributed by atoms with Gasteiger partial charge < -0.3 is 10.5 Å². The van der Waals surface area contributed by atoms with E-state index in [0.29, 0.717) is 11.6 Å². The van der Waals surface area contributed by atoms with Gasteiger partial charge in [-0.05, 0) is 13.0 Å². The first-order valence-electron chi connectivity index (χ1n) is 3.37. The molecule has 0 amide bonds. The van der Waals surface area contributed by atoms with Gasteiger partial charge >= 0.3 is 0 Å². The van der Waals surface area contributed by atoms with Gasteiger partial charge in [-0.25, -0.2) is 9.83 Å². The average Bonchev–Trinajstić information content (AvgIpc) is 2.03. The van der Waals surface area contributed by atoms with E-state index in [0.717, 1.165) is 5.69 Å². The number of aryl methyl sites for hydroxylation is 1. The molecule has 0 aliphatic heterocycles. The van der Waals surface area contributed by atoms with E-state index in [4.69, 9.17) is 17.0 Å². The Morgan fingerprint density at radius 1 is 1.67 bits per heavy atom. The standard InChI is InChI=1S/C8H9N3O/c1-5-4-6(9)7(10-2)8(11-5)12-3/h4H,1,3H3,(H2,9,11). The number of nitrogens with two attached hydrogens (primary N) is 1. The molecule has 0 aliphatic rings. The minimum Gasteiger partial charge on any atom is -0.490 e. The van der Waals surface area contributed by atoms with Crippen molar-refractivity contribution in [2.45, 2.75) is 6.92 Å². The highest BCUT2D eigenvalue weighted by Crippen LogP contribution is 2.31. The Morgan fingerprint density at radius 2 is 2.33 bits per heavy atom. The summed E-state index contributed by atoms with van der Waals surface area (Å²) in [5.74, 6) is 0.294. The highest BCUT2D eigenvalue weighted by molar-refractivity contribution is 5.72. The zero-order valence-corrected chi connectivity index (χ0v) is 6.96. The minimum absolute atomic E-state index is 0.281. The molecule has 1 aromatic rings. The van der Waals surface area contributed by atoms with Gasteiger partial charge in [0.1, 0.15) is 0 Å². The summed E-state index contributed by atoms with van der Waals surface area (Å²) < 4.78 is 4.89. The Morgan fingerprint density at radius 3 is 2.83 bits per heavy atom. The maximum atomic E-state index is 6.82. The molecule has 1 rings (SSSR count). The topological polar surface area (TPSA) is 52.5 Å². The number of nitrogens with zero attached hydrogens (tertiary/aromatic N) is 2. The normalized spacial score (nSPS) is 9.08. The van der Waals surface area contributed by atoms with Gasteiger partial charge in [0.2, 0.25) is 5.88 Å². The molecule has 0 atom stereocenters. The molecule has 1 aromatic heterocycles. The third kappa shape index (κ3) is 1.30. The molecule has 2 N–H and O–H groups in total. The minimum atomic E-state index is 0.281. The van der Waals surface area contributed by atoms with Crippen LogP contribution >= 0.6 is 0 Å². The zero-order valence-electron chi connectivity index (χ0n) is 6.96. The average molecular weight is 163 g/mol. The summed E-state index contributed by atoms with van der Waals surface area (Å²) in [4.78, 5) is 7.23. The lowest BCUT2D eigenvalue weighted by Gasteiger charge is -2.04. The third-order valence-electron chi connectivity index (χ3n) is 1.42. The van der Waals surface area contributed by atoms with Gasteiger partial charge in [0.15, 0.2) is 0 Å². The Kier molecular flexibility index (Phi) is 2.15. The van der Waals surface area contributed by atoms with Gasteiger partial charge in [0, 0.05) is 11.4 Å². The molecule has 62 valence electrons. The molecule has 0 radical (unpaired) electrons. The molecule has 12 heavy (non-hydrogen) atoms. The Balaban J connectivity index is 3.36. The first-order valence-corrected chi connectivity index (χ1v) is 3.37. The molecule has 0 fully saturated rings. The van der Waals surface area contributed by atoms with Crippen LogP contribution in [0.5, 0.6) is 5.88 Å². The highest BCUT2D eigenvalue weighted by Gasteiger charge is 2.08. The van der Waals surface area contributed by atoms with Crippen molar-refractivity contribution in [3.8, 4) is 5.88 Å². The molecule has 4 heteroatoms. The van der Waals surface area contributed by atoms with Gasteiger partial charge in [-0.1, -0.05) is 0 Å². The van der Waals surface area contributed by atoms with Crippen molar-refractivity contribution in [3.05, 3.63) is 23.2 Å². The first-order chi connectivity index (χ1) is 5.69. The van der Waals surface area contributed by atoms with Crippen LogP contribution in [0.15, 0.2) is 6.07 Å². The summed E-state index contributed by atoms with van der Waals surface area (Å²) in [7, 11) is 1.47. The highest BCUT2D eigenvalue weighted by atomic mass is 16.5. The quantitative estimate of drug-likeness (QED) is 0.639. The fraction of sp³-hybridized carbons (Fsp3) is 0.250. The molecule has 0 unspecified atom stereocenters. The molecule has 0 spiro atoms. The number of pyridine rings is 1. The second-order valence-electron chi connectivity index (χ2n) is 2.32.